The fourth-order valence-electron chi connectivity index (χ4n) is 3.35. The highest BCUT2D eigenvalue weighted by atomic mass is 19.4. The van der Waals surface area contributed by atoms with E-state index in [1.807, 2.05) is 37.3 Å². The van der Waals surface area contributed by atoms with E-state index in [1.54, 1.807) is 7.11 Å². The largest absolute Gasteiger partial charge is 0.490 e. The molecule has 1 saturated heterocycles. The maximum absolute atomic E-state index is 12.7. The van der Waals surface area contributed by atoms with Crippen molar-refractivity contribution in [2.45, 2.75) is 50.6 Å². The molecule has 0 spiro atoms. The minimum absolute atomic E-state index is 0.163. The summed E-state index contributed by atoms with van der Waals surface area (Å²) in [5, 5.41) is 13.3. The number of benzene rings is 1. The molecule has 1 heterocycles. The Bertz CT molecular complexity index is 739. The average Bonchev–Trinajstić information content (AvgIpc) is 3.28. The van der Waals surface area contributed by atoms with Crippen molar-refractivity contribution in [1.82, 2.24) is 10.6 Å². The number of amides is 1. The summed E-state index contributed by atoms with van der Waals surface area (Å²) in [6.07, 6.45) is -2.85. The zero-order valence-corrected chi connectivity index (χ0v) is 18.1. The van der Waals surface area contributed by atoms with Gasteiger partial charge in [-0.05, 0) is 24.9 Å². The monoisotopic (exact) mass is 462 g/mol. The smallest absolute Gasteiger partial charge is 0.475 e. The van der Waals surface area contributed by atoms with Gasteiger partial charge in [0.15, 0.2) is 0 Å². The van der Waals surface area contributed by atoms with E-state index < -0.39 is 24.2 Å². The Kier molecular flexibility index (Phi) is 11.1. The number of nitrogens with one attached hydrogen (secondary N) is 2. The second-order valence-corrected chi connectivity index (χ2v) is 7.27. The van der Waals surface area contributed by atoms with Crippen LogP contribution in [0.4, 0.5) is 13.2 Å². The highest BCUT2D eigenvalue weighted by Gasteiger charge is 2.38. The zero-order valence-electron chi connectivity index (χ0n) is 18.1. The minimum Gasteiger partial charge on any atom is -0.475 e. The molecule has 1 amide bonds. The lowest BCUT2D eigenvalue weighted by atomic mass is 9.95. The molecule has 8 nitrogen and oxygen atoms in total. The van der Waals surface area contributed by atoms with E-state index in [-0.39, 0.29) is 24.0 Å². The third-order valence-corrected chi connectivity index (χ3v) is 5.00. The number of hydrogen-bond donors (Lipinski definition) is 3. The van der Waals surface area contributed by atoms with Crippen LogP contribution in [0.15, 0.2) is 30.3 Å². The molecular formula is C21H29F3N2O6. The topological polar surface area (TPSA) is 114 Å². The predicted octanol–water partition coefficient (Wildman–Crippen LogP) is 1.92. The van der Waals surface area contributed by atoms with Crippen molar-refractivity contribution in [3.63, 3.8) is 0 Å². The number of halogens is 3. The summed E-state index contributed by atoms with van der Waals surface area (Å²) < 4.78 is 42.2. The van der Waals surface area contributed by atoms with E-state index in [0.29, 0.717) is 6.42 Å². The fraction of sp³-hybridized carbons (Fsp3) is 0.571. The molecule has 0 unspecified atom stereocenters. The lowest BCUT2D eigenvalue weighted by Gasteiger charge is -2.28. The molecule has 3 N–H and O–H groups in total. The van der Waals surface area contributed by atoms with Crippen LogP contribution in [0.1, 0.15) is 25.3 Å². The van der Waals surface area contributed by atoms with Gasteiger partial charge in [0.05, 0.1) is 19.1 Å². The molecule has 2 rings (SSSR count). The van der Waals surface area contributed by atoms with E-state index >= 15 is 0 Å². The van der Waals surface area contributed by atoms with Crippen molar-refractivity contribution in [1.29, 1.82) is 0 Å². The van der Waals surface area contributed by atoms with E-state index in [0.717, 1.165) is 24.9 Å². The SMILES string of the molecule is COC(=O)[C@H](Cc1ccccc1)NC(=O)[C@H](C)[C@@H](OC)[C@@H]1CCCN1.O=C(O)C(F)(F)F. The van der Waals surface area contributed by atoms with Crippen LogP contribution in [0.25, 0.3) is 0 Å². The molecular weight excluding hydrogens is 433 g/mol. The molecule has 180 valence electrons. The number of carboxylic acid groups (broad SMARTS) is 1. The second-order valence-electron chi connectivity index (χ2n) is 7.27. The second kappa shape index (κ2) is 13.0. The van der Waals surface area contributed by atoms with E-state index in [9.17, 15) is 22.8 Å². The summed E-state index contributed by atoms with van der Waals surface area (Å²) in [5.74, 6) is -3.78. The molecule has 4 atom stereocenters. The van der Waals surface area contributed by atoms with Crippen LogP contribution in [-0.2, 0) is 30.3 Å². The number of carbonyl (C=O) groups is 3. The van der Waals surface area contributed by atoms with Gasteiger partial charge in [-0.3, -0.25) is 4.79 Å². The van der Waals surface area contributed by atoms with Gasteiger partial charge in [-0.25, -0.2) is 9.59 Å². The highest BCUT2D eigenvalue weighted by Crippen LogP contribution is 2.19. The van der Waals surface area contributed by atoms with E-state index in [4.69, 9.17) is 19.4 Å². The van der Waals surface area contributed by atoms with Crippen LogP contribution in [0, 0.1) is 5.92 Å². The van der Waals surface area contributed by atoms with Gasteiger partial charge in [-0.2, -0.15) is 13.2 Å². The first-order chi connectivity index (χ1) is 15.0. The van der Waals surface area contributed by atoms with Crippen LogP contribution in [0.2, 0.25) is 0 Å². The number of carbonyl (C=O) groups excluding carboxylic acids is 2. The number of alkyl halides is 3. The standard InChI is InChI=1S/C19H28N2O4.C2HF3O2/c1-13(17(24-2)15-10-7-11-20-15)18(22)21-16(19(23)25-3)12-14-8-5-4-6-9-14;3-2(4,5)1(6)7/h4-6,8-9,13,15-17,20H,7,10-12H2,1-3H3,(H,21,22);(H,6,7)/t13-,15+,16+,17-;/m1./s1. The van der Waals surface area contributed by atoms with Crippen LogP contribution in [0.5, 0.6) is 0 Å². The molecule has 1 aromatic rings. The number of aliphatic carboxylic acids is 1. The molecule has 32 heavy (non-hydrogen) atoms. The van der Waals surface area contributed by atoms with Gasteiger partial charge in [0.25, 0.3) is 0 Å². The molecule has 0 aliphatic carbocycles. The summed E-state index contributed by atoms with van der Waals surface area (Å²) in [6.45, 7) is 2.78. The number of carboxylic acids is 1. The Hall–Kier alpha value is -2.66. The Morgan fingerprint density at radius 2 is 1.81 bits per heavy atom. The number of ether oxygens (including phenoxy) is 2. The molecule has 1 aliphatic heterocycles. The molecule has 0 radical (unpaired) electrons. The van der Waals surface area contributed by atoms with E-state index in [2.05, 4.69) is 10.6 Å². The lowest BCUT2D eigenvalue weighted by molar-refractivity contribution is -0.192. The number of rotatable bonds is 8. The number of esters is 1. The Morgan fingerprint density at radius 1 is 1.22 bits per heavy atom. The van der Waals surface area contributed by atoms with Crippen molar-refractivity contribution in [2.75, 3.05) is 20.8 Å². The maximum Gasteiger partial charge on any atom is 0.490 e. The maximum atomic E-state index is 12.7. The zero-order chi connectivity index (χ0) is 24.3. The first-order valence-electron chi connectivity index (χ1n) is 9.99. The van der Waals surface area contributed by atoms with Crippen molar-refractivity contribution in [3.05, 3.63) is 35.9 Å². The van der Waals surface area contributed by atoms with Gasteiger partial charge in [0.2, 0.25) is 5.91 Å². The van der Waals surface area contributed by atoms with E-state index in [1.165, 1.54) is 7.11 Å². The Labute approximate surface area is 184 Å². The predicted molar refractivity (Wildman–Crippen MR) is 109 cm³/mol. The quantitative estimate of drug-likeness (QED) is 0.506. The number of hydrogen-bond acceptors (Lipinski definition) is 6. The molecule has 1 aliphatic rings. The van der Waals surface area contributed by atoms with Crippen molar-refractivity contribution < 1.29 is 42.1 Å². The molecule has 1 fully saturated rings. The first-order valence-corrected chi connectivity index (χ1v) is 9.99. The van der Waals surface area contributed by atoms with Gasteiger partial charge in [-0.1, -0.05) is 37.3 Å². The third-order valence-electron chi connectivity index (χ3n) is 5.00. The van der Waals surface area contributed by atoms with Gasteiger partial charge in [0, 0.05) is 19.6 Å². The number of methoxy groups -OCH3 is 2. The van der Waals surface area contributed by atoms with Crippen LogP contribution >= 0.6 is 0 Å². The van der Waals surface area contributed by atoms with Gasteiger partial charge < -0.3 is 25.2 Å². The third kappa shape index (κ3) is 8.83. The molecule has 0 bridgehead atoms. The van der Waals surface area contributed by atoms with Gasteiger partial charge in [-0.15, -0.1) is 0 Å². The Morgan fingerprint density at radius 3 is 2.25 bits per heavy atom. The lowest BCUT2D eigenvalue weighted by Crippen LogP contribution is -2.50. The average molecular weight is 462 g/mol. The molecule has 0 aromatic heterocycles. The molecule has 1 aromatic carbocycles. The summed E-state index contributed by atoms with van der Waals surface area (Å²) in [6, 6.07) is 9.02. The van der Waals surface area contributed by atoms with Crippen LogP contribution in [-0.4, -0.2) is 68.1 Å². The van der Waals surface area contributed by atoms with Gasteiger partial charge in [0.1, 0.15) is 6.04 Å². The summed E-state index contributed by atoms with van der Waals surface area (Å²) in [5.41, 5.74) is 0.964. The molecule has 0 saturated carbocycles. The summed E-state index contributed by atoms with van der Waals surface area (Å²) in [7, 11) is 2.95. The van der Waals surface area contributed by atoms with Crippen molar-refractivity contribution >= 4 is 17.8 Å². The van der Waals surface area contributed by atoms with Crippen molar-refractivity contribution in [2.24, 2.45) is 5.92 Å². The fourth-order valence-corrected chi connectivity index (χ4v) is 3.35. The van der Waals surface area contributed by atoms with Gasteiger partial charge >= 0.3 is 18.1 Å². The Balaban J connectivity index is 0.000000633. The van der Waals surface area contributed by atoms with Crippen LogP contribution < -0.4 is 10.6 Å². The summed E-state index contributed by atoms with van der Waals surface area (Å²) >= 11 is 0. The highest BCUT2D eigenvalue weighted by molar-refractivity contribution is 5.86. The minimum atomic E-state index is -5.08. The molecule has 11 heteroatoms. The first kappa shape index (κ1) is 27.4. The summed E-state index contributed by atoms with van der Waals surface area (Å²) in [4.78, 5) is 33.7. The normalized spacial score (nSPS) is 18.5. The van der Waals surface area contributed by atoms with Crippen LogP contribution in [0.3, 0.4) is 0 Å². The van der Waals surface area contributed by atoms with Crippen molar-refractivity contribution in [3.8, 4) is 0 Å².